The van der Waals surface area contributed by atoms with Gasteiger partial charge in [-0.25, -0.2) is 0 Å². The standard InChI is InChI=1S/C31H31BO4/c1-29(2,23-33)24-34-32-35-30(25-15-7-3-8-16-25,26-17-9-4-10-18-26)31(36-32,27-19-11-5-12-20-27)28-21-13-6-14-22-28/h3-22,33H,23-24H2,1-2H3. The van der Waals surface area contributed by atoms with Gasteiger partial charge in [-0.1, -0.05) is 135 Å². The quantitative estimate of drug-likeness (QED) is 0.319. The van der Waals surface area contributed by atoms with Crippen LogP contribution in [0.1, 0.15) is 36.1 Å². The first-order chi connectivity index (χ1) is 17.5. The first-order valence-electron chi connectivity index (χ1n) is 12.3. The first kappa shape index (κ1) is 24.5. The Balaban J connectivity index is 1.81. The van der Waals surface area contributed by atoms with Gasteiger partial charge in [-0.15, -0.1) is 0 Å². The van der Waals surface area contributed by atoms with Crippen LogP contribution in [0.5, 0.6) is 0 Å². The highest BCUT2D eigenvalue weighted by atomic mass is 16.8. The van der Waals surface area contributed by atoms with Crippen molar-refractivity contribution in [2.75, 3.05) is 13.2 Å². The van der Waals surface area contributed by atoms with E-state index < -0.39 is 23.9 Å². The Bertz CT molecular complexity index is 1080. The highest BCUT2D eigenvalue weighted by Gasteiger charge is 2.67. The monoisotopic (exact) mass is 478 g/mol. The highest BCUT2D eigenvalue weighted by Crippen LogP contribution is 2.58. The van der Waals surface area contributed by atoms with Gasteiger partial charge in [0, 0.05) is 12.0 Å². The van der Waals surface area contributed by atoms with E-state index in [9.17, 15) is 5.11 Å². The molecule has 1 N–H and O–H groups in total. The minimum absolute atomic E-state index is 0.00918. The van der Waals surface area contributed by atoms with Crippen LogP contribution in [0.4, 0.5) is 0 Å². The number of aliphatic hydroxyl groups excluding tert-OH is 1. The van der Waals surface area contributed by atoms with Crippen LogP contribution in [-0.2, 0) is 25.2 Å². The van der Waals surface area contributed by atoms with E-state index in [0.717, 1.165) is 22.3 Å². The summed E-state index contributed by atoms with van der Waals surface area (Å²) in [6, 6.07) is 40.8. The molecule has 1 fully saturated rings. The maximum absolute atomic E-state index is 9.82. The minimum atomic E-state index is -1.06. The molecule has 1 heterocycles. The Kier molecular flexibility index (Phi) is 6.82. The van der Waals surface area contributed by atoms with Crippen molar-refractivity contribution in [3.05, 3.63) is 144 Å². The number of benzene rings is 4. The van der Waals surface area contributed by atoms with Gasteiger partial charge < -0.3 is 19.1 Å². The lowest BCUT2D eigenvalue weighted by Crippen LogP contribution is -2.48. The SMILES string of the molecule is CC(C)(CO)COB1OC(c2ccccc2)(c2ccccc2)C(c2ccccc2)(c2ccccc2)O1. The van der Waals surface area contributed by atoms with Crippen LogP contribution in [0.25, 0.3) is 0 Å². The normalized spacial score (nSPS) is 16.7. The Hall–Kier alpha value is -3.22. The zero-order valence-electron chi connectivity index (χ0n) is 20.7. The third kappa shape index (κ3) is 4.18. The van der Waals surface area contributed by atoms with Crippen LogP contribution in [-0.4, -0.2) is 25.6 Å². The summed E-state index contributed by atoms with van der Waals surface area (Å²) >= 11 is 0. The molecule has 0 aromatic heterocycles. The molecule has 0 bridgehead atoms. The second kappa shape index (κ2) is 10.0. The molecule has 0 aliphatic carbocycles. The average molecular weight is 478 g/mol. The molecule has 0 saturated carbocycles. The fourth-order valence-electron chi connectivity index (χ4n) is 5.00. The maximum atomic E-state index is 9.82. The van der Waals surface area contributed by atoms with E-state index in [0.29, 0.717) is 0 Å². The summed E-state index contributed by atoms with van der Waals surface area (Å²) in [6.07, 6.45) is 0. The van der Waals surface area contributed by atoms with Gasteiger partial charge in [0.25, 0.3) is 0 Å². The molecule has 5 rings (SSSR count). The number of aliphatic hydroxyl groups is 1. The Morgan fingerprint density at radius 3 is 1.19 bits per heavy atom. The molecule has 1 saturated heterocycles. The lowest BCUT2D eigenvalue weighted by molar-refractivity contribution is 0.00370. The molecule has 5 heteroatoms. The lowest BCUT2D eigenvalue weighted by atomic mass is 9.66. The summed E-state index contributed by atoms with van der Waals surface area (Å²) in [5.74, 6) is 0. The van der Waals surface area contributed by atoms with Crippen LogP contribution in [0, 0.1) is 5.41 Å². The van der Waals surface area contributed by atoms with Gasteiger partial charge in [-0.2, -0.15) is 0 Å². The predicted molar refractivity (Wildman–Crippen MR) is 142 cm³/mol. The summed E-state index contributed by atoms with van der Waals surface area (Å²) in [5, 5.41) is 9.82. The summed E-state index contributed by atoms with van der Waals surface area (Å²) in [4.78, 5) is 0. The van der Waals surface area contributed by atoms with Gasteiger partial charge in [0.2, 0.25) is 0 Å². The topological polar surface area (TPSA) is 47.9 Å². The molecule has 4 aromatic carbocycles. The zero-order chi connectivity index (χ0) is 25.1. The lowest BCUT2D eigenvalue weighted by Gasteiger charge is -2.45. The van der Waals surface area contributed by atoms with Crippen LogP contribution in [0.3, 0.4) is 0 Å². The molecule has 1 aliphatic heterocycles. The zero-order valence-corrected chi connectivity index (χ0v) is 20.7. The van der Waals surface area contributed by atoms with Gasteiger partial charge in [0.05, 0.1) is 6.61 Å². The fraction of sp³-hybridized carbons (Fsp3) is 0.226. The van der Waals surface area contributed by atoms with E-state index >= 15 is 0 Å². The van der Waals surface area contributed by atoms with Gasteiger partial charge in [0.1, 0.15) is 11.2 Å². The molecule has 0 atom stereocenters. The second-order valence-corrected chi connectivity index (χ2v) is 9.98. The van der Waals surface area contributed by atoms with Gasteiger partial charge in [-0.3, -0.25) is 0 Å². The first-order valence-corrected chi connectivity index (χ1v) is 12.3. The van der Waals surface area contributed by atoms with Gasteiger partial charge in [0.15, 0.2) is 0 Å². The van der Waals surface area contributed by atoms with Gasteiger partial charge in [-0.05, 0) is 22.3 Å². The molecular weight excluding hydrogens is 447 g/mol. The van der Waals surface area contributed by atoms with Gasteiger partial charge >= 0.3 is 7.32 Å². The molecule has 0 amide bonds. The van der Waals surface area contributed by atoms with Crippen molar-refractivity contribution in [2.45, 2.75) is 25.0 Å². The number of rotatable bonds is 8. The van der Waals surface area contributed by atoms with E-state index in [1.807, 2.05) is 86.6 Å². The highest BCUT2D eigenvalue weighted by molar-refractivity contribution is 6.38. The van der Waals surface area contributed by atoms with Crippen molar-refractivity contribution < 1.29 is 19.1 Å². The summed E-state index contributed by atoms with van der Waals surface area (Å²) in [6.45, 7) is 4.16. The molecule has 0 spiro atoms. The second-order valence-electron chi connectivity index (χ2n) is 9.98. The Labute approximate surface area is 213 Å². The third-order valence-electron chi connectivity index (χ3n) is 6.80. The van der Waals surface area contributed by atoms with Crippen molar-refractivity contribution in [1.29, 1.82) is 0 Å². The van der Waals surface area contributed by atoms with Crippen molar-refractivity contribution in [3.63, 3.8) is 0 Å². The molecule has 36 heavy (non-hydrogen) atoms. The van der Waals surface area contributed by atoms with Crippen LogP contribution >= 0.6 is 0 Å². The molecule has 0 unspecified atom stereocenters. The largest absolute Gasteiger partial charge is 0.641 e. The molecule has 4 nitrogen and oxygen atoms in total. The van der Waals surface area contributed by atoms with Crippen molar-refractivity contribution in [2.24, 2.45) is 5.41 Å². The molecule has 1 aliphatic rings. The molecular formula is C31H31BO4. The fourth-order valence-corrected chi connectivity index (χ4v) is 5.00. The van der Waals surface area contributed by atoms with Crippen molar-refractivity contribution >= 4 is 7.32 Å². The van der Waals surface area contributed by atoms with E-state index in [-0.39, 0.29) is 13.2 Å². The molecule has 4 aromatic rings. The van der Waals surface area contributed by atoms with E-state index in [1.54, 1.807) is 0 Å². The van der Waals surface area contributed by atoms with Crippen LogP contribution in [0.2, 0.25) is 0 Å². The van der Waals surface area contributed by atoms with E-state index in [1.165, 1.54) is 0 Å². The third-order valence-corrected chi connectivity index (χ3v) is 6.80. The Morgan fingerprint density at radius 1 is 0.611 bits per heavy atom. The number of hydrogen-bond acceptors (Lipinski definition) is 4. The average Bonchev–Trinajstić information content (AvgIpc) is 3.31. The summed E-state index contributed by atoms with van der Waals surface area (Å²) in [7, 11) is -0.975. The molecule has 182 valence electrons. The van der Waals surface area contributed by atoms with E-state index in [2.05, 4.69) is 48.5 Å². The van der Waals surface area contributed by atoms with E-state index in [4.69, 9.17) is 14.0 Å². The summed E-state index contributed by atoms with van der Waals surface area (Å²) in [5.41, 5.74) is 1.25. The summed E-state index contributed by atoms with van der Waals surface area (Å²) < 4.78 is 20.2. The Morgan fingerprint density at radius 2 is 0.917 bits per heavy atom. The smallest absolute Gasteiger partial charge is 0.396 e. The van der Waals surface area contributed by atoms with Crippen molar-refractivity contribution in [1.82, 2.24) is 0 Å². The molecule has 0 radical (unpaired) electrons. The van der Waals surface area contributed by atoms with Crippen LogP contribution in [0.15, 0.2) is 121 Å². The van der Waals surface area contributed by atoms with Crippen LogP contribution < -0.4 is 0 Å². The minimum Gasteiger partial charge on any atom is -0.396 e. The number of hydrogen-bond donors (Lipinski definition) is 1. The predicted octanol–water partition coefficient (Wildman–Crippen LogP) is 5.94. The maximum Gasteiger partial charge on any atom is 0.641 e. The van der Waals surface area contributed by atoms with Crippen molar-refractivity contribution in [3.8, 4) is 0 Å².